The van der Waals surface area contributed by atoms with Gasteiger partial charge >= 0.3 is 5.97 Å². The SMILES string of the molecule is COC(=O)c1cnn2c(NCCC(C)C)c(-c3ccc(C#N)cc3Cl)c(Cl)nc12. The summed E-state index contributed by atoms with van der Waals surface area (Å²) in [5, 5.41) is 17.3. The number of carbonyl (C=O) groups excluding carboxylic acids is 1. The van der Waals surface area contributed by atoms with E-state index < -0.39 is 5.97 Å². The van der Waals surface area contributed by atoms with Gasteiger partial charge in [-0.2, -0.15) is 14.9 Å². The molecule has 0 fully saturated rings. The Balaban J connectivity index is 2.24. The van der Waals surface area contributed by atoms with Crippen LogP contribution in [0, 0.1) is 17.2 Å². The Bertz CT molecular complexity index is 1120. The molecule has 0 amide bonds. The van der Waals surface area contributed by atoms with Crippen LogP contribution in [0.5, 0.6) is 0 Å². The molecule has 0 aliphatic carbocycles. The van der Waals surface area contributed by atoms with Gasteiger partial charge in [-0.25, -0.2) is 9.78 Å². The molecule has 2 heterocycles. The Labute approximate surface area is 178 Å². The quantitative estimate of drug-likeness (QED) is 0.444. The second-order valence-corrected chi connectivity index (χ2v) is 7.59. The van der Waals surface area contributed by atoms with Crippen LogP contribution in [0.15, 0.2) is 24.4 Å². The summed E-state index contributed by atoms with van der Waals surface area (Å²) in [7, 11) is 1.29. The van der Waals surface area contributed by atoms with Crippen LogP contribution >= 0.6 is 23.2 Å². The summed E-state index contributed by atoms with van der Waals surface area (Å²) in [6.45, 7) is 4.90. The maximum atomic E-state index is 12.1. The highest BCUT2D eigenvalue weighted by atomic mass is 35.5. The Morgan fingerprint density at radius 2 is 2.14 bits per heavy atom. The molecule has 0 atom stereocenters. The number of benzene rings is 1. The molecule has 0 saturated carbocycles. The predicted molar refractivity (Wildman–Crippen MR) is 112 cm³/mol. The average Bonchev–Trinajstić information content (AvgIpc) is 3.11. The van der Waals surface area contributed by atoms with Crippen LogP contribution in [0.4, 0.5) is 5.82 Å². The number of halogens is 2. The molecular formula is C20H19Cl2N5O2. The molecule has 0 saturated heterocycles. The van der Waals surface area contributed by atoms with E-state index in [0.29, 0.717) is 40.0 Å². The van der Waals surface area contributed by atoms with Crippen molar-refractivity contribution in [2.45, 2.75) is 20.3 Å². The summed E-state index contributed by atoms with van der Waals surface area (Å²) in [6.07, 6.45) is 2.30. The third-order valence-electron chi connectivity index (χ3n) is 4.39. The minimum absolute atomic E-state index is 0.154. The molecule has 0 spiro atoms. The predicted octanol–water partition coefficient (Wildman–Crippen LogP) is 4.82. The molecule has 0 radical (unpaired) electrons. The van der Waals surface area contributed by atoms with E-state index in [1.165, 1.54) is 17.8 Å². The van der Waals surface area contributed by atoms with E-state index in [9.17, 15) is 4.79 Å². The summed E-state index contributed by atoms with van der Waals surface area (Å²) in [5.41, 5.74) is 2.07. The molecule has 3 rings (SSSR count). The first-order valence-electron chi connectivity index (χ1n) is 8.96. The van der Waals surface area contributed by atoms with Gasteiger partial charge in [0.25, 0.3) is 0 Å². The number of anilines is 1. The first-order chi connectivity index (χ1) is 13.9. The van der Waals surface area contributed by atoms with Crippen molar-refractivity contribution in [2.75, 3.05) is 19.0 Å². The first kappa shape index (κ1) is 20.9. The number of hydrogen-bond acceptors (Lipinski definition) is 6. The second kappa shape index (κ2) is 8.68. The number of esters is 1. The number of carbonyl (C=O) groups is 1. The van der Waals surface area contributed by atoms with Crippen molar-refractivity contribution >= 4 is 40.6 Å². The normalized spacial score (nSPS) is 10.9. The highest BCUT2D eigenvalue weighted by molar-refractivity contribution is 6.36. The van der Waals surface area contributed by atoms with Gasteiger partial charge in [0.15, 0.2) is 5.65 Å². The number of ether oxygens (including phenoxy) is 1. The van der Waals surface area contributed by atoms with Crippen LogP contribution in [0.3, 0.4) is 0 Å². The van der Waals surface area contributed by atoms with Crippen molar-refractivity contribution in [3.05, 3.63) is 45.7 Å². The largest absolute Gasteiger partial charge is 0.465 e. The van der Waals surface area contributed by atoms with Crippen molar-refractivity contribution in [2.24, 2.45) is 5.92 Å². The number of fused-ring (bicyclic) bond motifs is 1. The molecule has 2 aromatic heterocycles. The van der Waals surface area contributed by atoms with E-state index >= 15 is 0 Å². The smallest absolute Gasteiger partial charge is 0.343 e. The lowest BCUT2D eigenvalue weighted by Crippen LogP contribution is -2.12. The van der Waals surface area contributed by atoms with Crippen LogP contribution in [-0.4, -0.2) is 34.2 Å². The molecule has 0 unspecified atom stereocenters. The van der Waals surface area contributed by atoms with E-state index in [-0.39, 0.29) is 16.4 Å². The monoisotopic (exact) mass is 431 g/mol. The zero-order valence-corrected chi connectivity index (χ0v) is 17.7. The molecule has 29 heavy (non-hydrogen) atoms. The molecule has 0 bridgehead atoms. The second-order valence-electron chi connectivity index (χ2n) is 6.83. The molecular weight excluding hydrogens is 413 g/mol. The molecule has 3 aromatic rings. The lowest BCUT2D eigenvalue weighted by molar-refractivity contribution is 0.0602. The molecule has 1 N–H and O–H groups in total. The van der Waals surface area contributed by atoms with Gasteiger partial charge in [0.2, 0.25) is 0 Å². The van der Waals surface area contributed by atoms with Crippen molar-refractivity contribution in [1.82, 2.24) is 14.6 Å². The fraction of sp³-hybridized carbons (Fsp3) is 0.300. The third kappa shape index (κ3) is 4.14. The van der Waals surface area contributed by atoms with Gasteiger partial charge < -0.3 is 10.1 Å². The fourth-order valence-corrected chi connectivity index (χ4v) is 3.43. The molecule has 1 aromatic carbocycles. The van der Waals surface area contributed by atoms with Crippen LogP contribution in [0.1, 0.15) is 36.2 Å². The van der Waals surface area contributed by atoms with Crippen LogP contribution in [-0.2, 0) is 4.74 Å². The lowest BCUT2D eigenvalue weighted by Gasteiger charge is -2.17. The average molecular weight is 432 g/mol. The molecule has 9 heteroatoms. The third-order valence-corrected chi connectivity index (χ3v) is 4.98. The van der Waals surface area contributed by atoms with Crippen LogP contribution in [0.25, 0.3) is 16.8 Å². The van der Waals surface area contributed by atoms with Crippen LogP contribution < -0.4 is 5.32 Å². The van der Waals surface area contributed by atoms with E-state index in [1.54, 1.807) is 18.2 Å². The number of nitrogens with one attached hydrogen (secondary N) is 1. The highest BCUT2D eigenvalue weighted by Crippen LogP contribution is 2.39. The van der Waals surface area contributed by atoms with Crippen molar-refractivity contribution in [1.29, 1.82) is 5.26 Å². The van der Waals surface area contributed by atoms with Crippen molar-refractivity contribution in [3.63, 3.8) is 0 Å². The van der Waals surface area contributed by atoms with Gasteiger partial charge in [-0.05, 0) is 24.5 Å². The maximum absolute atomic E-state index is 12.1. The number of nitriles is 1. The Morgan fingerprint density at radius 3 is 2.76 bits per heavy atom. The molecule has 150 valence electrons. The highest BCUT2D eigenvalue weighted by Gasteiger charge is 2.23. The van der Waals surface area contributed by atoms with Gasteiger partial charge in [-0.3, -0.25) is 0 Å². The fourth-order valence-electron chi connectivity index (χ4n) is 2.89. The van der Waals surface area contributed by atoms with Gasteiger partial charge in [-0.15, -0.1) is 0 Å². The number of methoxy groups -OCH3 is 1. The molecule has 0 aliphatic rings. The van der Waals surface area contributed by atoms with E-state index in [4.69, 9.17) is 33.2 Å². The molecule has 7 nitrogen and oxygen atoms in total. The summed E-state index contributed by atoms with van der Waals surface area (Å²) < 4.78 is 6.32. The Hall–Kier alpha value is -2.82. The maximum Gasteiger partial charge on any atom is 0.343 e. The number of rotatable bonds is 6. The summed E-state index contributed by atoms with van der Waals surface area (Å²) >= 11 is 13.0. The van der Waals surface area contributed by atoms with Crippen LogP contribution in [0.2, 0.25) is 10.2 Å². The number of hydrogen-bond donors (Lipinski definition) is 1. The Morgan fingerprint density at radius 1 is 1.38 bits per heavy atom. The lowest BCUT2D eigenvalue weighted by atomic mass is 10.1. The van der Waals surface area contributed by atoms with Gasteiger partial charge in [-0.1, -0.05) is 43.1 Å². The number of nitrogens with zero attached hydrogens (tertiary/aromatic N) is 4. The minimum Gasteiger partial charge on any atom is -0.465 e. The van der Waals surface area contributed by atoms with E-state index in [1.807, 2.05) is 0 Å². The van der Waals surface area contributed by atoms with Gasteiger partial charge in [0.1, 0.15) is 16.5 Å². The summed E-state index contributed by atoms with van der Waals surface area (Å²) in [5.74, 6) is 0.490. The van der Waals surface area contributed by atoms with Crippen molar-refractivity contribution in [3.8, 4) is 17.2 Å². The van der Waals surface area contributed by atoms with E-state index in [2.05, 4.69) is 35.3 Å². The zero-order chi connectivity index (χ0) is 21.1. The van der Waals surface area contributed by atoms with Gasteiger partial charge in [0.05, 0.1) is 30.5 Å². The summed E-state index contributed by atoms with van der Waals surface area (Å²) in [6, 6.07) is 7.00. The summed E-state index contributed by atoms with van der Waals surface area (Å²) in [4.78, 5) is 16.4. The zero-order valence-electron chi connectivity index (χ0n) is 16.2. The minimum atomic E-state index is -0.555. The topological polar surface area (TPSA) is 92.3 Å². The first-order valence-corrected chi connectivity index (χ1v) is 9.72. The van der Waals surface area contributed by atoms with E-state index in [0.717, 1.165) is 6.42 Å². The number of aromatic nitrogens is 3. The van der Waals surface area contributed by atoms with Crippen molar-refractivity contribution < 1.29 is 9.53 Å². The standard InChI is InChI=1S/C20H19Cl2N5O2/c1-11(2)6-7-24-19-16(13-5-4-12(9-23)8-15(13)21)17(22)26-18-14(20(28)29-3)10-25-27(18)19/h4-5,8,10-11,24H,6-7H2,1-3H3. The Kier molecular flexibility index (Phi) is 6.26. The van der Waals surface area contributed by atoms with Gasteiger partial charge in [0, 0.05) is 17.1 Å². The molecule has 0 aliphatic heterocycles.